The summed E-state index contributed by atoms with van der Waals surface area (Å²) in [7, 11) is 0. The van der Waals surface area contributed by atoms with Crippen molar-refractivity contribution in [1.29, 1.82) is 0 Å². The molecule has 0 bridgehead atoms. The molecule has 0 radical (unpaired) electrons. The van der Waals surface area contributed by atoms with Crippen molar-refractivity contribution in [2.24, 2.45) is 0 Å². The third kappa shape index (κ3) is 4.48. The fourth-order valence-electron chi connectivity index (χ4n) is 3.27. The van der Waals surface area contributed by atoms with Crippen LogP contribution in [0.2, 0.25) is 0 Å². The summed E-state index contributed by atoms with van der Waals surface area (Å²) in [4.78, 5) is 21.0. The number of hydrogen-bond acceptors (Lipinski definition) is 6. The number of aryl methyl sites for hydroxylation is 3. The number of amides is 1. The Morgan fingerprint density at radius 2 is 1.90 bits per heavy atom. The van der Waals surface area contributed by atoms with Crippen LogP contribution in [0.3, 0.4) is 0 Å². The zero-order valence-electron chi connectivity index (χ0n) is 17.0. The first kappa shape index (κ1) is 19.6. The van der Waals surface area contributed by atoms with Gasteiger partial charge in [0.1, 0.15) is 11.6 Å². The van der Waals surface area contributed by atoms with E-state index in [1.165, 1.54) is 0 Å². The molecule has 0 saturated heterocycles. The highest BCUT2D eigenvalue weighted by Crippen LogP contribution is 2.16. The lowest BCUT2D eigenvalue weighted by molar-refractivity contribution is 0.0952. The molecule has 1 amide bonds. The first-order valence-corrected chi connectivity index (χ1v) is 9.82. The largest absolute Gasteiger partial charge is 0.485 e. The number of aromatic nitrogens is 4. The molecule has 4 rings (SSSR count). The number of rotatable bonds is 8. The minimum absolute atomic E-state index is 0.109. The molecule has 0 spiro atoms. The molecular formula is C22H23N5O3. The van der Waals surface area contributed by atoms with Gasteiger partial charge in [-0.1, -0.05) is 17.3 Å². The fraction of sp³-hybridized carbons (Fsp3) is 0.273. The average molecular weight is 405 g/mol. The summed E-state index contributed by atoms with van der Waals surface area (Å²) < 4.78 is 12.7. The molecule has 2 heterocycles. The number of hydrogen-bond donors (Lipinski definition) is 1. The summed E-state index contributed by atoms with van der Waals surface area (Å²) in [5.74, 6) is 2.49. The maximum atomic E-state index is 12.4. The van der Waals surface area contributed by atoms with Crippen LogP contribution in [-0.4, -0.2) is 32.1 Å². The van der Waals surface area contributed by atoms with Gasteiger partial charge in [-0.15, -0.1) is 0 Å². The van der Waals surface area contributed by atoms with E-state index in [0.717, 1.165) is 29.8 Å². The number of para-hydroxylation sites is 2. The highest BCUT2D eigenvalue weighted by molar-refractivity contribution is 5.94. The molecular weight excluding hydrogens is 382 g/mol. The van der Waals surface area contributed by atoms with E-state index < -0.39 is 0 Å². The van der Waals surface area contributed by atoms with Crippen LogP contribution in [-0.2, 0) is 13.2 Å². The van der Waals surface area contributed by atoms with Crippen molar-refractivity contribution < 1.29 is 14.1 Å². The second-order valence-corrected chi connectivity index (χ2v) is 6.95. The second-order valence-electron chi connectivity index (χ2n) is 6.95. The lowest BCUT2D eigenvalue weighted by atomic mass is 10.2. The number of imidazole rings is 1. The van der Waals surface area contributed by atoms with E-state index in [0.29, 0.717) is 29.6 Å². The molecule has 8 heteroatoms. The first-order valence-electron chi connectivity index (χ1n) is 9.82. The summed E-state index contributed by atoms with van der Waals surface area (Å²) in [6, 6.07) is 15.1. The molecule has 1 N–H and O–H groups in total. The molecule has 154 valence electrons. The Morgan fingerprint density at radius 1 is 1.10 bits per heavy atom. The molecule has 0 aliphatic heterocycles. The Balaban J connectivity index is 1.25. The highest BCUT2D eigenvalue weighted by atomic mass is 16.5. The van der Waals surface area contributed by atoms with Crippen LogP contribution in [0.5, 0.6) is 5.75 Å². The predicted molar refractivity (Wildman–Crippen MR) is 111 cm³/mol. The van der Waals surface area contributed by atoms with Gasteiger partial charge in [-0.3, -0.25) is 4.79 Å². The molecule has 2 aromatic heterocycles. The van der Waals surface area contributed by atoms with Crippen molar-refractivity contribution in [2.45, 2.75) is 33.4 Å². The summed E-state index contributed by atoms with van der Waals surface area (Å²) in [6.45, 7) is 5.32. The van der Waals surface area contributed by atoms with Gasteiger partial charge in [-0.05, 0) is 49.7 Å². The van der Waals surface area contributed by atoms with Crippen LogP contribution in [0.4, 0.5) is 0 Å². The van der Waals surface area contributed by atoms with Gasteiger partial charge in [0, 0.05) is 25.6 Å². The third-order valence-corrected chi connectivity index (χ3v) is 4.74. The summed E-state index contributed by atoms with van der Waals surface area (Å²) in [5.41, 5.74) is 2.70. The quantitative estimate of drug-likeness (QED) is 0.451. The smallest absolute Gasteiger partial charge is 0.251 e. The van der Waals surface area contributed by atoms with E-state index >= 15 is 0 Å². The van der Waals surface area contributed by atoms with Gasteiger partial charge in [-0.2, -0.15) is 4.98 Å². The number of carbonyl (C=O) groups is 1. The first-order chi connectivity index (χ1) is 14.6. The van der Waals surface area contributed by atoms with Crippen LogP contribution >= 0.6 is 0 Å². The number of nitrogens with one attached hydrogen (secondary N) is 1. The van der Waals surface area contributed by atoms with Gasteiger partial charge in [-0.25, -0.2) is 4.98 Å². The molecule has 0 aliphatic carbocycles. The van der Waals surface area contributed by atoms with Gasteiger partial charge in [0.05, 0.1) is 11.0 Å². The summed E-state index contributed by atoms with van der Waals surface area (Å²) >= 11 is 0. The lowest BCUT2D eigenvalue weighted by Crippen LogP contribution is -2.25. The SMILES string of the molecule is Cc1nc(COc2ccc(C(=O)NCCCn3c(C)nc4ccccc43)cc2)no1. The van der Waals surface area contributed by atoms with Gasteiger partial charge in [0.2, 0.25) is 11.7 Å². The Hall–Kier alpha value is -3.68. The summed E-state index contributed by atoms with van der Waals surface area (Å²) in [5, 5.41) is 6.74. The minimum atomic E-state index is -0.109. The van der Waals surface area contributed by atoms with Crippen molar-refractivity contribution in [3.63, 3.8) is 0 Å². The number of nitrogens with zero attached hydrogens (tertiary/aromatic N) is 4. The predicted octanol–water partition coefficient (Wildman–Crippen LogP) is 3.44. The van der Waals surface area contributed by atoms with Crippen LogP contribution in [0, 0.1) is 13.8 Å². The van der Waals surface area contributed by atoms with Crippen molar-refractivity contribution in [2.75, 3.05) is 6.54 Å². The molecule has 4 aromatic rings. The lowest BCUT2D eigenvalue weighted by Gasteiger charge is -2.09. The molecule has 0 atom stereocenters. The molecule has 8 nitrogen and oxygen atoms in total. The van der Waals surface area contributed by atoms with Gasteiger partial charge < -0.3 is 19.1 Å². The normalized spacial score (nSPS) is 11.0. The van der Waals surface area contributed by atoms with Crippen molar-refractivity contribution in [3.05, 3.63) is 71.6 Å². The number of benzene rings is 2. The molecule has 0 fully saturated rings. The minimum Gasteiger partial charge on any atom is -0.485 e. The number of fused-ring (bicyclic) bond motifs is 1. The van der Waals surface area contributed by atoms with E-state index in [4.69, 9.17) is 9.26 Å². The Kier molecular flexibility index (Phi) is 5.74. The van der Waals surface area contributed by atoms with E-state index in [-0.39, 0.29) is 12.5 Å². The van der Waals surface area contributed by atoms with Crippen molar-refractivity contribution in [3.8, 4) is 5.75 Å². The fourth-order valence-corrected chi connectivity index (χ4v) is 3.27. The van der Waals surface area contributed by atoms with Crippen LogP contribution in [0.1, 0.15) is 34.3 Å². The average Bonchev–Trinajstić information content (AvgIpc) is 3.32. The zero-order valence-corrected chi connectivity index (χ0v) is 17.0. The standard InChI is InChI=1S/C22H23N5O3/c1-15-24-19-6-3-4-7-20(19)27(15)13-5-12-23-22(28)17-8-10-18(11-9-17)29-14-21-25-16(2)30-26-21/h3-4,6-11H,5,12-14H2,1-2H3,(H,23,28). The van der Waals surface area contributed by atoms with Gasteiger partial charge in [0.25, 0.3) is 5.91 Å². The molecule has 0 saturated carbocycles. The monoisotopic (exact) mass is 405 g/mol. The maximum absolute atomic E-state index is 12.4. The zero-order chi connectivity index (χ0) is 20.9. The number of ether oxygens (including phenoxy) is 1. The van der Waals surface area contributed by atoms with Crippen LogP contribution < -0.4 is 10.1 Å². The van der Waals surface area contributed by atoms with Crippen LogP contribution in [0.15, 0.2) is 53.1 Å². The molecule has 0 unspecified atom stereocenters. The Bertz CT molecular complexity index is 1150. The maximum Gasteiger partial charge on any atom is 0.251 e. The molecule has 30 heavy (non-hydrogen) atoms. The topological polar surface area (TPSA) is 95.1 Å². The number of carbonyl (C=O) groups excluding carboxylic acids is 1. The van der Waals surface area contributed by atoms with Crippen molar-refractivity contribution >= 4 is 16.9 Å². The van der Waals surface area contributed by atoms with E-state index in [1.807, 2.05) is 25.1 Å². The molecule has 0 aliphatic rings. The van der Waals surface area contributed by atoms with E-state index in [9.17, 15) is 4.79 Å². The van der Waals surface area contributed by atoms with E-state index in [2.05, 4.69) is 31.1 Å². The summed E-state index contributed by atoms with van der Waals surface area (Å²) in [6.07, 6.45) is 0.818. The van der Waals surface area contributed by atoms with Gasteiger partial charge in [0.15, 0.2) is 6.61 Å². The Labute approximate surface area is 173 Å². The van der Waals surface area contributed by atoms with Crippen LogP contribution in [0.25, 0.3) is 11.0 Å². The Morgan fingerprint density at radius 3 is 2.67 bits per heavy atom. The van der Waals surface area contributed by atoms with Gasteiger partial charge >= 0.3 is 0 Å². The van der Waals surface area contributed by atoms with Crippen molar-refractivity contribution in [1.82, 2.24) is 25.0 Å². The van der Waals surface area contributed by atoms with E-state index in [1.54, 1.807) is 31.2 Å². The molecule has 2 aromatic carbocycles. The third-order valence-electron chi connectivity index (χ3n) is 4.74. The highest BCUT2D eigenvalue weighted by Gasteiger charge is 2.09. The second kappa shape index (κ2) is 8.77.